The van der Waals surface area contributed by atoms with Gasteiger partial charge in [0.05, 0.1) is 18.4 Å². The molecule has 0 saturated heterocycles. The molecule has 3 N–H and O–H groups in total. The lowest BCUT2D eigenvalue weighted by Gasteiger charge is -2.15. The minimum absolute atomic E-state index is 0.0306. The lowest BCUT2D eigenvalue weighted by atomic mass is 10.2. The van der Waals surface area contributed by atoms with Gasteiger partial charge in [-0.15, -0.1) is 5.10 Å². The number of nitrogens with one attached hydrogen (secondary N) is 1. The van der Waals surface area contributed by atoms with Gasteiger partial charge in [-0.1, -0.05) is 12.1 Å². The lowest BCUT2D eigenvalue weighted by Crippen LogP contribution is -2.31. The summed E-state index contributed by atoms with van der Waals surface area (Å²) in [5.74, 6) is -0.703. The Kier molecular flexibility index (Phi) is 5.77. The summed E-state index contributed by atoms with van der Waals surface area (Å²) in [6, 6.07) is 1.00. The Morgan fingerprint density at radius 3 is 2.80 bits per heavy atom. The number of amides is 1. The quantitative estimate of drug-likeness (QED) is 0.762. The molecule has 0 aliphatic heterocycles. The summed E-state index contributed by atoms with van der Waals surface area (Å²) in [5, 5.41) is 14.0. The smallest absolute Gasteiger partial charge is 0.350 e. The van der Waals surface area contributed by atoms with E-state index < -0.39 is 17.8 Å². The highest BCUT2D eigenvalue weighted by molar-refractivity contribution is 5.91. The molecule has 0 aliphatic carbocycles. The molecule has 8 nitrogen and oxygen atoms in total. The number of aryl methyl sites for hydroxylation is 1. The summed E-state index contributed by atoms with van der Waals surface area (Å²) in [7, 11) is 0. The highest BCUT2D eigenvalue weighted by Gasteiger charge is 2.35. The zero-order valence-corrected chi connectivity index (χ0v) is 13.9. The molecule has 2 aromatic rings. The molecule has 0 bridgehead atoms. The van der Waals surface area contributed by atoms with Crippen molar-refractivity contribution >= 4 is 5.91 Å². The molecule has 138 valence electrons. The van der Waals surface area contributed by atoms with Crippen LogP contribution in [0.15, 0.2) is 12.3 Å². The molecule has 1 atom stereocenters. The normalized spacial score (nSPS) is 13.0. The lowest BCUT2D eigenvalue weighted by molar-refractivity contribution is -0.144. The van der Waals surface area contributed by atoms with Crippen LogP contribution >= 0.6 is 0 Å². The number of carbonyl (C=O) groups is 1. The average molecular weight is 359 g/mol. The van der Waals surface area contributed by atoms with Crippen LogP contribution in [0.25, 0.3) is 0 Å². The second-order valence-electron chi connectivity index (χ2n) is 5.82. The van der Waals surface area contributed by atoms with Crippen LogP contribution in [0.4, 0.5) is 13.2 Å². The average Bonchev–Trinajstić information content (AvgIpc) is 3.11. The molecule has 11 heteroatoms. The Bertz CT molecular complexity index is 722. The zero-order chi connectivity index (χ0) is 18.6. The van der Waals surface area contributed by atoms with E-state index in [2.05, 4.69) is 20.7 Å². The van der Waals surface area contributed by atoms with Crippen molar-refractivity contribution < 1.29 is 18.0 Å². The number of alkyl halides is 3. The molecular formula is C14H20F3N7O. The number of aromatic nitrogens is 5. The van der Waals surface area contributed by atoms with Crippen LogP contribution in [0, 0.1) is 12.8 Å². The molecule has 0 unspecified atom stereocenters. The van der Waals surface area contributed by atoms with Crippen molar-refractivity contribution in [2.75, 3.05) is 13.1 Å². The van der Waals surface area contributed by atoms with Gasteiger partial charge >= 0.3 is 6.18 Å². The van der Waals surface area contributed by atoms with E-state index in [9.17, 15) is 18.0 Å². The first-order chi connectivity index (χ1) is 11.7. The summed E-state index contributed by atoms with van der Waals surface area (Å²) >= 11 is 0. The molecule has 2 rings (SSSR count). The monoisotopic (exact) mass is 359 g/mol. The summed E-state index contributed by atoms with van der Waals surface area (Å²) < 4.78 is 41.2. The number of hydrogen-bond acceptors (Lipinski definition) is 5. The van der Waals surface area contributed by atoms with Gasteiger partial charge in [-0.2, -0.15) is 18.3 Å². The van der Waals surface area contributed by atoms with Gasteiger partial charge in [0, 0.05) is 19.6 Å². The van der Waals surface area contributed by atoms with E-state index in [1.807, 2.05) is 0 Å². The number of carbonyl (C=O) groups excluding carboxylic acids is 1. The van der Waals surface area contributed by atoms with Gasteiger partial charge in [-0.3, -0.25) is 14.2 Å². The van der Waals surface area contributed by atoms with Crippen LogP contribution in [0.5, 0.6) is 0 Å². The third kappa shape index (κ3) is 5.02. The topological polar surface area (TPSA) is 104 Å². The van der Waals surface area contributed by atoms with Crippen molar-refractivity contribution in [3.63, 3.8) is 0 Å². The van der Waals surface area contributed by atoms with Gasteiger partial charge in [-0.25, -0.2) is 0 Å². The fourth-order valence-corrected chi connectivity index (χ4v) is 2.27. The molecule has 0 radical (unpaired) electrons. The maximum absolute atomic E-state index is 13.0. The fraction of sp³-hybridized carbons (Fsp3) is 0.571. The molecule has 25 heavy (non-hydrogen) atoms. The molecule has 0 aliphatic rings. The van der Waals surface area contributed by atoms with E-state index in [4.69, 9.17) is 5.73 Å². The largest absolute Gasteiger partial charge is 0.433 e. The maximum Gasteiger partial charge on any atom is 0.433 e. The van der Waals surface area contributed by atoms with Crippen LogP contribution in [-0.4, -0.2) is 43.8 Å². The van der Waals surface area contributed by atoms with E-state index in [-0.39, 0.29) is 24.7 Å². The third-order valence-corrected chi connectivity index (χ3v) is 3.42. The second-order valence-corrected chi connectivity index (χ2v) is 5.82. The first-order valence-corrected chi connectivity index (χ1v) is 7.70. The second kappa shape index (κ2) is 7.64. The molecule has 0 aromatic carbocycles. The Morgan fingerprint density at radius 1 is 1.44 bits per heavy atom. The predicted molar refractivity (Wildman–Crippen MR) is 82.5 cm³/mol. The van der Waals surface area contributed by atoms with E-state index in [1.54, 1.807) is 6.92 Å². The van der Waals surface area contributed by atoms with Gasteiger partial charge in [0.15, 0.2) is 5.69 Å². The molecule has 2 heterocycles. The van der Waals surface area contributed by atoms with Crippen molar-refractivity contribution in [3.05, 3.63) is 29.3 Å². The number of nitrogens with zero attached hydrogens (tertiary/aromatic N) is 5. The van der Waals surface area contributed by atoms with Crippen LogP contribution in [0.1, 0.15) is 28.8 Å². The number of nitrogens with two attached hydrogens (primary N) is 1. The first-order valence-electron chi connectivity index (χ1n) is 7.70. The Balaban J connectivity index is 1.92. The highest BCUT2D eigenvalue weighted by atomic mass is 19.4. The minimum Gasteiger partial charge on any atom is -0.350 e. The van der Waals surface area contributed by atoms with E-state index >= 15 is 0 Å². The van der Waals surface area contributed by atoms with Crippen LogP contribution in [0.3, 0.4) is 0 Å². The molecular weight excluding hydrogens is 339 g/mol. The predicted octanol–water partition coefficient (Wildman–Crippen LogP) is 0.827. The van der Waals surface area contributed by atoms with Crippen molar-refractivity contribution in [1.29, 1.82) is 0 Å². The Morgan fingerprint density at radius 2 is 2.16 bits per heavy atom. The summed E-state index contributed by atoms with van der Waals surface area (Å²) in [6.45, 7) is 4.25. The van der Waals surface area contributed by atoms with Crippen molar-refractivity contribution in [2.45, 2.75) is 33.1 Å². The maximum atomic E-state index is 13.0. The van der Waals surface area contributed by atoms with Crippen molar-refractivity contribution in [3.8, 4) is 0 Å². The summed E-state index contributed by atoms with van der Waals surface area (Å²) in [4.78, 5) is 12.0. The Labute approximate surface area is 142 Å². The van der Waals surface area contributed by atoms with Crippen LogP contribution in [-0.2, 0) is 19.3 Å². The van der Waals surface area contributed by atoms with Gasteiger partial charge in [0.1, 0.15) is 5.69 Å². The van der Waals surface area contributed by atoms with Gasteiger partial charge in [-0.05, 0) is 18.9 Å². The fourth-order valence-electron chi connectivity index (χ4n) is 2.27. The van der Waals surface area contributed by atoms with Gasteiger partial charge in [0.25, 0.3) is 5.91 Å². The first kappa shape index (κ1) is 18.9. The SMILES string of the molecule is Cc1cc(C(F)(F)F)n(C[C@@H](C)CNC(=O)c2cn(CCN)nn2)n1. The Hall–Kier alpha value is -2.43. The minimum atomic E-state index is -4.47. The molecule has 1 amide bonds. The third-order valence-electron chi connectivity index (χ3n) is 3.42. The highest BCUT2D eigenvalue weighted by Crippen LogP contribution is 2.30. The molecule has 2 aromatic heterocycles. The molecule has 0 saturated carbocycles. The standard InChI is InChI=1S/C14H20F3N7O/c1-9(7-24-12(14(15,16)17)5-10(2)21-24)6-19-13(25)11-8-23(4-3-18)22-20-11/h5,8-9H,3-4,6-7,18H2,1-2H3,(H,19,25)/t9-/m0/s1. The van der Waals surface area contributed by atoms with Gasteiger partial charge < -0.3 is 11.1 Å². The summed E-state index contributed by atoms with van der Waals surface area (Å²) in [6.07, 6.45) is -3.00. The number of rotatable bonds is 7. The molecule has 0 fully saturated rings. The molecule has 0 spiro atoms. The van der Waals surface area contributed by atoms with Crippen molar-refractivity contribution in [2.24, 2.45) is 11.7 Å². The van der Waals surface area contributed by atoms with Crippen molar-refractivity contribution in [1.82, 2.24) is 30.1 Å². The zero-order valence-electron chi connectivity index (χ0n) is 13.9. The van der Waals surface area contributed by atoms with E-state index in [0.717, 1.165) is 10.7 Å². The number of halogens is 3. The van der Waals surface area contributed by atoms with E-state index in [1.165, 1.54) is 17.8 Å². The van der Waals surface area contributed by atoms with Crippen LogP contribution < -0.4 is 11.1 Å². The van der Waals surface area contributed by atoms with E-state index in [0.29, 0.717) is 18.8 Å². The van der Waals surface area contributed by atoms with Crippen LogP contribution in [0.2, 0.25) is 0 Å². The summed E-state index contributed by atoms with van der Waals surface area (Å²) in [5.41, 5.74) is 5.01. The van der Waals surface area contributed by atoms with Gasteiger partial charge in [0.2, 0.25) is 0 Å². The number of hydrogen-bond donors (Lipinski definition) is 2.